The molecular weight excluding hydrogens is 408 g/mol. The standard InChI is InChI=1S/C22H21ClN2O3S/c1-2-25(13-15-6-5-9-19-21(15)28-11-10-27-19)20(26)12-16-14-29-22(24-16)17-7-3-4-8-18(17)23/h3-9,14H,2,10-13H2,1H3. The van der Waals surface area contributed by atoms with Crippen LogP contribution in [0.15, 0.2) is 47.8 Å². The molecule has 0 fully saturated rings. The summed E-state index contributed by atoms with van der Waals surface area (Å²) in [5, 5.41) is 3.40. The second-order valence-corrected chi connectivity index (χ2v) is 7.92. The number of ether oxygens (including phenoxy) is 2. The van der Waals surface area contributed by atoms with Gasteiger partial charge in [-0.05, 0) is 19.1 Å². The molecule has 1 amide bonds. The number of para-hydroxylation sites is 1. The number of rotatable bonds is 6. The van der Waals surface area contributed by atoms with E-state index in [0.717, 1.165) is 33.3 Å². The molecule has 7 heteroatoms. The normalized spacial score (nSPS) is 12.6. The SMILES string of the molecule is CCN(Cc1cccc2c1OCCO2)C(=O)Cc1csc(-c2ccccc2Cl)n1. The monoisotopic (exact) mass is 428 g/mol. The molecule has 0 aliphatic carbocycles. The second-order valence-electron chi connectivity index (χ2n) is 6.65. The number of hydrogen-bond acceptors (Lipinski definition) is 5. The molecule has 2 aromatic carbocycles. The van der Waals surface area contributed by atoms with Gasteiger partial charge in [0.15, 0.2) is 11.5 Å². The molecule has 1 aromatic heterocycles. The molecule has 29 heavy (non-hydrogen) atoms. The number of likely N-dealkylation sites (N-methyl/N-ethyl adjacent to an activating group) is 1. The summed E-state index contributed by atoms with van der Waals surface area (Å²) >= 11 is 7.76. The van der Waals surface area contributed by atoms with E-state index in [4.69, 9.17) is 21.1 Å². The predicted octanol–water partition coefficient (Wildman–Crippen LogP) is 4.83. The molecule has 0 bridgehead atoms. The number of carbonyl (C=O) groups excluding carboxylic acids is 1. The molecule has 0 atom stereocenters. The highest BCUT2D eigenvalue weighted by atomic mass is 35.5. The third-order valence-electron chi connectivity index (χ3n) is 4.73. The summed E-state index contributed by atoms with van der Waals surface area (Å²) in [5.41, 5.74) is 2.59. The number of amides is 1. The van der Waals surface area contributed by atoms with Crippen LogP contribution in [0.1, 0.15) is 18.2 Å². The van der Waals surface area contributed by atoms with Gasteiger partial charge in [0.25, 0.3) is 0 Å². The Morgan fingerprint density at radius 2 is 2.00 bits per heavy atom. The van der Waals surface area contributed by atoms with Gasteiger partial charge in [-0.25, -0.2) is 4.98 Å². The molecule has 0 spiro atoms. The Labute approximate surface area is 178 Å². The maximum Gasteiger partial charge on any atom is 0.228 e. The van der Waals surface area contributed by atoms with Crippen molar-refractivity contribution >= 4 is 28.8 Å². The Morgan fingerprint density at radius 1 is 1.17 bits per heavy atom. The van der Waals surface area contributed by atoms with E-state index in [-0.39, 0.29) is 12.3 Å². The minimum atomic E-state index is 0.0258. The Morgan fingerprint density at radius 3 is 2.83 bits per heavy atom. The number of hydrogen-bond donors (Lipinski definition) is 0. The van der Waals surface area contributed by atoms with Crippen LogP contribution in [0, 0.1) is 0 Å². The fourth-order valence-corrected chi connectivity index (χ4v) is 4.39. The topological polar surface area (TPSA) is 51.7 Å². The molecule has 5 nitrogen and oxygen atoms in total. The van der Waals surface area contributed by atoms with Crippen molar-refractivity contribution in [2.24, 2.45) is 0 Å². The van der Waals surface area contributed by atoms with Crippen LogP contribution in [0.2, 0.25) is 5.02 Å². The lowest BCUT2D eigenvalue weighted by Gasteiger charge is -2.25. The van der Waals surface area contributed by atoms with Crippen LogP contribution < -0.4 is 9.47 Å². The maximum atomic E-state index is 12.9. The van der Waals surface area contributed by atoms with Crippen LogP contribution in [-0.4, -0.2) is 35.5 Å². The summed E-state index contributed by atoms with van der Waals surface area (Å²) < 4.78 is 11.4. The fraction of sp³-hybridized carbons (Fsp3) is 0.273. The molecule has 1 aliphatic rings. The Kier molecular flexibility index (Phi) is 6.02. The Bertz CT molecular complexity index is 1020. The number of thiazole rings is 1. The fourth-order valence-electron chi connectivity index (χ4n) is 3.25. The summed E-state index contributed by atoms with van der Waals surface area (Å²) in [6, 6.07) is 13.4. The number of nitrogens with zero attached hydrogens (tertiary/aromatic N) is 2. The molecule has 4 rings (SSSR count). The lowest BCUT2D eigenvalue weighted by Crippen LogP contribution is -2.32. The largest absolute Gasteiger partial charge is 0.486 e. The predicted molar refractivity (Wildman–Crippen MR) is 115 cm³/mol. The zero-order valence-electron chi connectivity index (χ0n) is 16.1. The third kappa shape index (κ3) is 4.38. The zero-order valence-corrected chi connectivity index (χ0v) is 17.6. The van der Waals surface area contributed by atoms with Gasteiger partial charge >= 0.3 is 0 Å². The van der Waals surface area contributed by atoms with Gasteiger partial charge < -0.3 is 14.4 Å². The van der Waals surface area contributed by atoms with E-state index in [9.17, 15) is 4.79 Å². The van der Waals surface area contributed by atoms with Crippen molar-refractivity contribution in [2.45, 2.75) is 19.9 Å². The zero-order chi connectivity index (χ0) is 20.2. The van der Waals surface area contributed by atoms with Gasteiger partial charge in [0, 0.05) is 29.6 Å². The van der Waals surface area contributed by atoms with Crippen molar-refractivity contribution in [1.29, 1.82) is 0 Å². The number of fused-ring (bicyclic) bond motifs is 1. The summed E-state index contributed by atoms with van der Waals surface area (Å²) in [5.74, 6) is 1.50. The highest BCUT2D eigenvalue weighted by Gasteiger charge is 2.20. The van der Waals surface area contributed by atoms with Gasteiger partial charge in [-0.15, -0.1) is 11.3 Å². The quantitative estimate of drug-likeness (QED) is 0.564. The van der Waals surface area contributed by atoms with E-state index in [0.29, 0.717) is 31.3 Å². The molecule has 0 saturated carbocycles. The average molecular weight is 429 g/mol. The van der Waals surface area contributed by atoms with Crippen molar-refractivity contribution in [3.8, 4) is 22.1 Å². The molecule has 150 valence electrons. The number of halogens is 1. The first kappa shape index (κ1) is 19.7. The first-order chi connectivity index (χ1) is 14.2. The molecule has 1 aliphatic heterocycles. The molecular formula is C22H21ClN2O3S. The summed E-state index contributed by atoms with van der Waals surface area (Å²) in [6.07, 6.45) is 0.251. The smallest absolute Gasteiger partial charge is 0.228 e. The van der Waals surface area contributed by atoms with Crippen molar-refractivity contribution in [2.75, 3.05) is 19.8 Å². The van der Waals surface area contributed by atoms with E-state index < -0.39 is 0 Å². The lowest BCUT2D eigenvalue weighted by atomic mass is 10.1. The number of benzene rings is 2. The lowest BCUT2D eigenvalue weighted by molar-refractivity contribution is -0.130. The molecule has 0 radical (unpaired) electrons. The van der Waals surface area contributed by atoms with Crippen LogP contribution in [0.5, 0.6) is 11.5 Å². The highest BCUT2D eigenvalue weighted by molar-refractivity contribution is 7.13. The average Bonchev–Trinajstić information content (AvgIpc) is 3.20. The van der Waals surface area contributed by atoms with Gasteiger partial charge in [0.2, 0.25) is 5.91 Å². The first-order valence-corrected chi connectivity index (χ1v) is 10.8. The minimum Gasteiger partial charge on any atom is -0.486 e. The molecule has 0 unspecified atom stereocenters. The Balaban J connectivity index is 1.47. The van der Waals surface area contributed by atoms with Gasteiger partial charge in [-0.3, -0.25) is 4.79 Å². The molecule has 3 aromatic rings. The van der Waals surface area contributed by atoms with Crippen LogP contribution in [-0.2, 0) is 17.8 Å². The second kappa shape index (κ2) is 8.84. The molecule has 0 saturated heterocycles. The summed E-state index contributed by atoms with van der Waals surface area (Å²) in [6.45, 7) is 4.12. The third-order valence-corrected chi connectivity index (χ3v) is 5.99. The van der Waals surface area contributed by atoms with E-state index in [1.54, 1.807) is 0 Å². The van der Waals surface area contributed by atoms with Crippen LogP contribution >= 0.6 is 22.9 Å². The van der Waals surface area contributed by atoms with Crippen LogP contribution in [0.4, 0.5) is 0 Å². The van der Waals surface area contributed by atoms with Gasteiger partial charge in [-0.2, -0.15) is 0 Å². The summed E-state index contributed by atoms with van der Waals surface area (Å²) in [4.78, 5) is 19.3. The van der Waals surface area contributed by atoms with E-state index in [2.05, 4.69) is 4.98 Å². The van der Waals surface area contributed by atoms with E-state index in [1.807, 2.05) is 59.7 Å². The van der Waals surface area contributed by atoms with Crippen LogP contribution in [0.3, 0.4) is 0 Å². The van der Waals surface area contributed by atoms with Gasteiger partial charge in [0.05, 0.1) is 17.1 Å². The van der Waals surface area contributed by atoms with Crippen LogP contribution in [0.25, 0.3) is 10.6 Å². The summed E-state index contributed by atoms with van der Waals surface area (Å²) in [7, 11) is 0. The maximum absolute atomic E-state index is 12.9. The first-order valence-electron chi connectivity index (χ1n) is 9.50. The van der Waals surface area contributed by atoms with E-state index >= 15 is 0 Å². The van der Waals surface area contributed by atoms with Crippen molar-refractivity contribution < 1.29 is 14.3 Å². The molecule has 2 heterocycles. The van der Waals surface area contributed by atoms with E-state index in [1.165, 1.54) is 11.3 Å². The van der Waals surface area contributed by atoms with Gasteiger partial charge in [-0.1, -0.05) is 41.9 Å². The van der Waals surface area contributed by atoms with Crippen molar-refractivity contribution in [3.63, 3.8) is 0 Å². The number of aromatic nitrogens is 1. The molecule has 0 N–H and O–H groups in total. The number of carbonyl (C=O) groups is 1. The minimum absolute atomic E-state index is 0.0258. The van der Waals surface area contributed by atoms with Crippen molar-refractivity contribution in [1.82, 2.24) is 9.88 Å². The van der Waals surface area contributed by atoms with Gasteiger partial charge in [0.1, 0.15) is 18.2 Å². The Hall–Kier alpha value is -2.57. The van der Waals surface area contributed by atoms with Crippen molar-refractivity contribution in [3.05, 3.63) is 64.1 Å². The highest BCUT2D eigenvalue weighted by Crippen LogP contribution is 2.34.